The van der Waals surface area contributed by atoms with Crippen LogP contribution in [0.15, 0.2) is 40.3 Å². The highest BCUT2D eigenvalue weighted by molar-refractivity contribution is 5.98. The highest BCUT2D eigenvalue weighted by Crippen LogP contribution is 2.60. The largest absolute Gasteiger partial charge is 0.458 e. The van der Waals surface area contributed by atoms with Crippen LogP contribution in [-0.4, -0.2) is 33.4 Å². The Kier molecular flexibility index (Phi) is 5.16. The van der Waals surface area contributed by atoms with E-state index in [-0.39, 0.29) is 18.6 Å². The van der Waals surface area contributed by atoms with Crippen molar-refractivity contribution in [3.63, 3.8) is 0 Å². The third-order valence-corrected chi connectivity index (χ3v) is 10.4. The van der Waals surface area contributed by atoms with Crippen molar-refractivity contribution in [2.24, 2.45) is 28.3 Å². The first-order valence-corrected chi connectivity index (χ1v) is 14.6. The number of rotatable bonds is 5. The van der Waals surface area contributed by atoms with E-state index >= 15 is 0 Å². The summed E-state index contributed by atoms with van der Waals surface area (Å²) in [6.45, 7) is 2.64. The molecule has 0 saturated heterocycles. The van der Waals surface area contributed by atoms with Gasteiger partial charge in [0.2, 0.25) is 0 Å². The molecule has 8 nitrogen and oxygen atoms in total. The van der Waals surface area contributed by atoms with Crippen LogP contribution in [0.3, 0.4) is 0 Å². The lowest BCUT2D eigenvalue weighted by molar-refractivity contribution is -0.172. The minimum Gasteiger partial charge on any atom is -0.458 e. The van der Waals surface area contributed by atoms with Gasteiger partial charge in [-0.3, -0.25) is 4.79 Å². The van der Waals surface area contributed by atoms with Crippen molar-refractivity contribution in [1.82, 2.24) is 9.55 Å². The molecule has 4 saturated carbocycles. The number of esters is 1. The van der Waals surface area contributed by atoms with Crippen molar-refractivity contribution in [1.29, 1.82) is 0 Å². The molecule has 8 heteroatoms. The van der Waals surface area contributed by atoms with Gasteiger partial charge in [0.05, 0.1) is 35.2 Å². The number of ether oxygens (including phenoxy) is 1. The molecule has 40 heavy (non-hydrogen) atoms. The van der Waals surface area contributed by atoms with E-state index in [0.717, 1.165) is 39.8 Å². The molecule has 0 spiro atoms. The topological polar surface area (TPSA) is 103 Å². The summed E-state index contributed by atoms with van der Waals surface area (Å²) in [4.78, 5) is 36.9. The zero-order valence-corrected chi connectivity index (χ0v) is 22.7. The molecular weight excluding hydrogens is 506 g/mol. The third kappa shape index (κ3) is 3.47. The first-order valence-electron chi connectivity index (χ1n) is 14.6. The van der Waals surface area contributed by atoms with E-state index in [0.29, 0.717) is 41.1 Å². The van der Waals surface area contributed by atoms with Crippen molar-refractivity contribution >= 4 is 23.1 Å². The third-order valence-electron chi connectivity index (χ3n) is 10.4. The maximum Gasteiger partial charge on any atom is 0.343 e. The van der Waals surface area contributed by atoms with Crippen molar-refractivity contribution < 1.29 is 19.5 Å². The number of benzene rings is 1. The van der Waals surface area contributed by atoms with Gasteiger partial charge >= 0.3 is 5.97 Å². The van der Waals surface area contributed by atoms with E-state index in [2.05, 4.69) is 11.2 Å². The van der Waals surface area contributed by atoms with Crippen LogP contribution in [0.25, 0.3) is 22.3 Å². The first-order chi connectivity index (χ1) is 19.4. The molecule has 1 atom stereocenters. The molecule has 1 aromatic carbocycles. The number of hydrogen-bond donors (Lipinski definition) is 1. The summed E-state index contributed by atoms with van der Waals surface area (Å²) in [6.07, 6.45) is 9.95. The Labute approximate surface area is 232 Å². The standard InChI is InChI=1S/C32H33N3O5/c1-2-32(38)25-10-26-28-23(15-35(26)29(36)24(25)16-39-30(32)37)9-21-4-3-5-22(27(21)34-28)14-33-40-17-31-11-18-6-19(12-31)8-20(7-18)13-31/h3-5,9-10,14,18-20,38H,2,6-8,11-13,15-17H2,1H3/b33-14+/t18?,19?,20?,31?,32-/m0/s1. The number of hydrogen-bond acceptors (Lipinski definition) is 7. The molecule has 4 aliphatic carbocycles. The number of nitrogens with zero attached hydrogens (tertiary/aromatic N) is 3. The summed E-state index contributed by atoms with van der Waals surface area (Å²) in [7, 11) is 0. The summed E-state index contributed by atoms with van der Waals surface area (Å²) in [5.41, 5.74) is 2.68. The molecule has 4 fully saturated rings. The lowest BCUT2D eigenvalue weighted by Gasteiger charge is -2.56. The van der Waals surface area contributed by atoms with Gasteiger partial charge in [0.25, 0.3) is 5.56 Å². The second-order valence-corrected chi connectivity index (χ2v) is 12.9. The quantitative estimate of drug-likeness (QED) is 0.225. The van der Waals surface area contributed by atoms with Crippen LogP contribution in [0.4, 0.5) is 0 Å². The fraction of sp³-hybridized carbons (Fsp3) is 0.500. The number of carbonyl (C=O) groups is 1. The van der Waals surface area contributed by atoms with Crippen molar-refractivity contribution in [2.45, 2.75) is 70.6 Å². The number of aliphatic hydroxyl groups is 1. The molecule has 6 aliphatic rings. The Morgan fingerprint density at radius 3 is 2.62 bits per heavy atom. The lowest BCUT2D eigenvalue weighted by atomic mass is 9.50. The molecule has 4 bridgehead atoms. The van der Waals surface area contributed by atoms with Gasteiger partial charge in [0.1, 0.15) is 13.2 Å². The molecule has 2 aromatic heterocycles. The average Bonchev–Trinajstić information content (AvgIpc) is 3.29. The monoisotopic (exact) mass is 539 g/mol. The minimum atomic E-state index is -1.84. The Balaban J connectivity index is 1.12. The van der Waals surface area contributed by atoms with Crippen molar-refractivity contribution in [3.8, 4) is 11.4 Å². The molecule has 0 amide bonds. The van der Waals surface area contributed by atoms with Gasteiger partial charge in [-0.1, -0.05) is 30.3 Å². The highest BCUT2D eigenvalue weighted by atomic mass is 16.6. The van der Waals surface area contributed by atoms with Crippen LogP contribution in [-0.2, 0) is 33.1 Å². The summed E-state index contributed by atoms with van der Waals surface area (Å²) in [5.74, 6) is 1.91. The molecule has 0 unspecified atom stereocenters. The van der Waals surface area contributed by atoms with Gasteiger partial charge in [0, 0.05) is 27.5 Å². The number of cyclic esters (lactones) is 1. The second-order valence-electron chi connectivity index (χ2n) is 12.9. The predicted octanol–water partition coefficient (Wildman–Crippen LogP) is 4.65. The second kappa shape index (κ2) is 8.49. The van der Waals surface area contributed by atoms with Gasteiger partial charge in [0.15, 0.2) is 5.60 Å². The van der Waals surface area contributed by atoms with Crippen LogP contribution >= 0.6 is 0 Å². The Bertz CT molecular complexity index is 1640. The van der Waals surface area contributed by atoms with E-state index in [1.54, 1.807) is 23.8 Å². The van der Waals surface area contributed by atoms with Crippen LogP contribution in [0, 0.1) is 23.2 Å². The van der Waals surface area contributed by atoms with Crippen LogP contribution in [0.5, 0.6) is 0 Å². The van der Waals surface area contributed by atoms with Gasteiger partial charge in [-0.25, -0.2) is 9.78 Å². The predicted molar refractivity (Wildman–Crippen MR) is 149 cm³/mol. The summed E-state index contributed by atoms with van der Waals surface area (Å²) in [5, 5.41) is 16.5. The summed E-state index contributed by atoms with van der Waals surface area (Å²) >= 11 is 0. The number of fused-ring (bicyclic) bond motifs is 5. The number of oxime groups is 1. The van der Waals surface area contributed by atoms with E-state index < -0.39 is 11.6 Å². The normalized spacial score (nSPS) is 31.4. The van der Waals surface area contributed by atoms with E-state index in [1.807, 2.05) is 18.2 Å². The first kappa shape index (κ1) is 24.3. The molecule has 206 valence electrons. The van der Waals surface area contributed by atoms with E-state index in [1.165, 1.54) is 38.5 Å². The van der Waals surface area contributed by atoms with Crippen LogP contribution < -0.4 is 5.56 Å². The van der Waals surface area contributed by atoms with E-state index in [9.17, 15) is 14.7 Å². The Morgan fingerprint density at radius 2 is 1.90 bits per heavy atom. The van der Waals surface area contributed by atoms with E-state index in [4.69, 9.17) is 14.6 Å². The summed E-state index contributed by atoms with van der Waals surface area (Å²) in [6, 6.07) is 9.77. The Hall–Kier alpha value is -3.52. The lowest BCUT2D eigenvalue weighted by Crippen LogP contribution is -2.48. The molecule has 9 rings (SSSR count). The molecule has 3 aromatic rings. The smallest absolute Gasteiger partial charge is 0.343 e. The molecular formula is C32H33N3O5. The number of para-hydroxylation sites is 1. The number of carbonyl (C=O) groups excluding carboxylic acids is 1. The SMILES string of the molecule is CC[C@@]1(O)C(=O)OCc2c1cc1n(c2=O)Cc2cc3cccc(/C=N/OCC45CC6CC(CC(C6)C4)C5)c3nc2-1. The van der Waals surface area contributed by atoms with Crippen LogP contribution in [0.2, 0.25) is 0 Å². The maximum atomic E-state index is 13.4. The fourth-order valence-corrected chi connectivity index (χ4v) is 8.87. The number of pyridine rings is 2. The maximum absolute atomic E-state index is 13.4. The summed E-state index contributed by atoms with van der Waals surface area (Å²) < 4.78 is 6.84. The zero-order valence-electron chi connectivity index (χ0n) is 22.7. The molecule has 0 radical (unpaired) electrons. The molecule has 4 heterocycles. The van der Waals surface area contributed by atoms with Crippen molar-refractivity contribution in [2.75, 3.05) is 6.61 Å². The van der Waals surface area contributed by atoms with Crippen molar-refractivity contribution in [3.05, 3.63) is 62.9 Å². The van der Waals surface area contributed by atoms with Gasteiger partial charge < -0.3 is 19.2 Å². The fourth-order valence-electron chi connectivity index (χ4n) is 8.87. The van der Waals surface area contributed by atoms with Gasteiger partial charge in [-0.15, -0.1) is 0 Å². The highest BCUT2D eigenvalue weighted by Gasteiger charge is 2.51. The zero-order chi connectivity index (χ0) is 27.2. The molecule has 1 N–H and O–H groups in total. The van der Waals surface area contributed by atoms with Gasteiger partial charge in [-0.2, -0.15) is 0 Å². The average molecular weight is 540 g/mol. The number of aromatic nitrogens is 2. The Morgan fingerprint density at radius 1 is 1.15 bits per heavy atom. The van der Waals surface area contributed by atoms with Gasteiger partial charge in [-0.05, 0) is 74.8 Å². The molecule has 2 aliphatic heterocycles. The van der Waals surface area contributed by atoms with Crippen LogP contribution in [0.1, 0.15) is 74.1 Å². The minimum absolute atomic E-state index is 0.115.